The van der Waals surface area contributed by atoms with Gasteiger partial charge in [-0.3, -0.25) is 9.97 Å². The van der Waals surface area contributed by atoms with Gasteiger partial charge in [0.15, 0.2) is 6.23 Å². The SMILES string of the molecule is c1cncc(-c2cncc(OC3CNNN3)c2)c1. The van der Waals surface area contributed by atoms with Crippen LogP contribution < -0.4 is 21.1 Å². The standard InChI is InChI=1S/C12H13N5O/c1-2-9(5-13-3-1)10-4-11(7-14-6-10)18-12-8-15-17-16-12/h1-7,12,15-17H,8H2. The van der Waals surface area contributed by atoms with Crippen molar-refractivity contribution in [3.05, 3.63) is 43.0 Å². The predicted molar refractivity (Wildman–Crippen MR) is 66.2 cm³/mol. The van der Waals surface area contributed by atoms with Gasteiger partial charge >= 0.3 is 0 Å². The molecule has 1 unspecified atom stereocenters. The summed E-state index contributed by atoms with van der Waals surface area (Å²) in [5, 5.41) is 0. The minimum absolute atomic E-state index is 0.101. The topological polar surface area (TPSA) is 71.1 Å². The molecule has 1 aliphatic heterocycles. The largest absolute Gasteiger partial charge is 0.471 e. The van der Waals surface area contributed by atoms with Gasteiger partial charge in [0.1, 0.15) is 5.75 Å². The molecule has 92 valence electrons. The highest BCUT2D eigenvalue weighted by Crippen LogP contribution is 2.21. The van der Waals surface area contributed by atoms with Crippen molar-refractivity contribution in [3.63, 3.8) is 0 Å². The molecular formula is C12H13N5O. The minimum atomic E-state index is -0.101. The van der Waals surface area contributed by atoms with E-state index in [2.05, 4.69) is 26.4 Å². The lowest BCUT2D eigenvalue weighted by atomic mass is 10.1. The molecule has 1 fully saturated rings. The Hall–Kier alpha value is -2.02. The monoisotopic (exact) mass is 243 g/mol. The summed E-state index contributed by atoms with van der Waals surface area (Å²) in [6.07, 6.45) is 6.94. The van der Waals surface area contributed by atoms with E-state index in [-0.39, 0.29) is 6.23 Å². The van der Waals surface area contributed by atoms with Crippen LogP contribution >= 0.6 is 0 Å². The molecule has 18 heavy (non-hydrogen) atoms. The number of pyridine rings is 2. The van der Waals surface area contributed by atoms with Gasteiger partial charge in [-0.25, -0.2) is 10.9 Å². The van der Waals surface area contributed by atoms with Crippen LogP contribution in [-0.4, -0.2) is 22.7 Å². The van der Waals surface area contributed by atoms with E-state index in [9.17, 15) is 0 Å². The second-order valence-corrected chi connectivity index (χ2v) is 3.91. The normalized spacial score (nSPS) is 18.8. The summed E-state index contributed by atoms with van der Waals surface area (Å²) >= 11 is 0. The highest BCUT2D eigenvalue weighted by atomic mass is 16.5. The lowest BCUT2D eigenvalue weighted by molar-refractivity contribution is 0.191. The van der Waals surface area contributed by atoms with E-state index >= 15 is 0 Å². The van der Waals surface area contributed by atoms with Gasteiger partial charge in [0.2, 0.25) is 0 Å². The summed E-state index contributed by atoms with van der Waals surface area (Å²) < 4.78 is 5.72. The highest BCUT2D eigenvalue weighted by Gasteiger charge is 2.14. The third kappa shape index (κ3) is 2.45. The minimum Gasteiger partial charge on any atom is -0.471 e. The van der Waals surface area contributed by atoms with Gasteiger partial charge in [-0.1, -0.05) is 6.07 Å². The zero-order chi connectivity index (χ0) is 12.2. The molecule has 3 rings (SSSR count). The molecule has 0 aliphatic carbocycles. The molecule has 3 heterocycles. The molecular weight excluding hydrogens is 230 g/mol. The lowest BCUT2D eigenvalue weighted by Gasteiger charge is -2.12. The third-order valence-corrected chi connectivity index (χ3v) is 2.60. The van der Waals surface area contributed by atoms with Crippen molar-refractivity contribution < 1.29 is 4.74 Å². The molecule has 3 N–H and O–H groups in total. The van der Waals surface area contributed by atoms with Gasteiger partial charge in [0, 0.05) is 29.7 Å². The average Bonchev–Trinajstić information content (AvgIpc) is 2.93. The summed E-state index contributed by atoms with van der Waals surface area (Å²) in [5.41, 5.74) is 10.7. The molecule has 2 aromatic rings. The molecule has 0 aromatic carbocycles. The van der Waals surface area contributed by atoms with Gasteiger partial charge in [0.25, 0.3) is 0 Å². The fourth-order valence-corrected chi connectivity index (χ4v) is 1.74. The number of ether oxygens (including phenoxy) is 1. The molecule has 6 nitrogen and oxygen atoms in total. The van der Waals surface area contributed by atoms with Gasteiger partial charge < -0.3 is 4.74 Å². The van der Waals surface area contributed by atoms with Crippen molar-refractivity contribution in [2.24, 2.45) is 0 Å². The Morgan fingerprint density at radius 1 is 1.17 bits per heavy atom. The van der Waals surface area contributed by atoms with Gasteiger partial charge in [-0.15, -0.1) is 0 Å². The van der Waals surface area contributed by atoms with Crippen LogP contribution in [0.5, 0.6) is 5.75 Å². The smallest absolute Gasteiger partial charge is 0.177 e. The van der Waals surface area contributed by atoms with Crippen LogP contribution in [0.2, 0.25) is 0 Å². The number of rotatable bonds is 3. The summed E-state index contributed by atoms with van der Waals surface area (Å²) in [7, 11) is 0. The van der Waals surface area contributed by atoms with Crippen molar-refractivity contribution in [2.45, 2.75) is 6.23 Å². The van der Waals surface area contributed by atoms with Crippen molar-refractivity contribution in [2.75, 3.05) is 6.54 Å². The van der Waals surface area contributed by atoms with E-state index in [1.807, 2.05) is 18.2 Å². The Kier molecular flexibility index (Phi) is 3.14. The second-order valence-electron chi connectivity index (χ2n) is 3.91. The number of nitrogens with zero attached hydrogens (tertiary/aromatic N) is 2. The Morgan fingerprint density at radius 2 is 2.11 bits per heavy atom. The molecule has 0 spiro atoms. The summed E-state index contributed by atoms with van der Waals surface area (Å²) in [6, 6.07) is 5.84. The van der Waals surface area contributed by atoms with Crippen molar-refractivity contribution >= 4 is 0 Å². The first kappa shape index (κ1) is 11.1. The number of aromatic nitrogens is 2. The Balaban J connectivity index is 1.80. The zero-order valence-corrected chi connectivity index (χ0v) is 9.63. The maximum atomic E-state index is 5.72. The molecule has 0 radical (unpaired) electrons. The van der Waals surface area contributed by atoms with Gasteiger partial charge in [-0.2, -0.15) is 5.53 Å². The molecule has 1 saturated heterocycles. The highest BCUT2D eigenvalue weighted by molar-refractivity contribution is 5.62. The molecule has 0 amide bonds. The molecule has 2 aromatic heterocycles. The Morgan fingerprint density at radius 3 is 2.89 bits per heavy atom. The van der Waals surface area contributed by atoms with Crippen molar-refractivity contribution in [3.8, 4) is 16.9 Å². The van der Waals surface area contributed by atoms with E-state index in [0.29, 0.717) is 6.54 Å². The quantitative estimate of drug-likeness (QED) is 0.727. The van der Waals surface area contributed by atoms with E-state index in [1.54, 1.807) is 24.8 Å². The maximum absolute atomic E-state index is 5.72. The van der Waals surface area contributed by atoms with Gasteiger partial charge in [-0.05, 0) is 12.1 Å². The number of hydrazine groups is 2. The first-order valence-electron chi connectivity index (χ1n) is 5.67. The molecule has 6 heteroatoms. The van der Waals surface area contributed by atoms with Crippen LogP contribution in [0.4, 0.5) is 0 Å². The van der Waals surface area contributed by atoms with Crippen LogP contribution in [0.3, 0.4) is 0 Å². The van der Waals surface area contributed by atoms with Crippen LogP contribution in [0.1, 0.15) is 0 Å². The van der Waals surface area contributed by atoms with E-state index in [1.165, 1.54) is 0 Å². The number of hydrogen-bond acceptors (Lipinski definition) is 6. The van der Waals surface area contributed by atoms with Crippen LogP contribution in [0.15, 0.2) is 43.0 Å². The van der Waals surface area contributed by atoms with E-state index in [0.717, 1.165) is 16.9 Å². The molecule has 1 aliphatic rings. The Labute approximate surface area is 104 Å². The number of nitrogens with one attached hydrogen (secondary N) is 3. The molecule has 0 bridgehead atoms. The van der Waals surface area contributed by atoms with Crippen molar-refractivity contribution in [1.29, 1.82) is 0 Å². The first-order chi connectivity index (χ1) is 8.92. The van der Waals surface area contributed by atoms with Crippen molar-refractivity contribution in [1.82, 2.24) is 26.4 Å². The predicted octanol–water partition coefficient (Wildman–Crippen LogP) is 0.461. The summed E-state index contributed by atoms with van der Waals surface area (Å²) in [5.74, 6) is 0.722. The van der Waals surface area contributed by atoms with E-state index < -0.39 is 0 Å². The fourth-order valence-electron chi connectivity index (χ4n) is 1.74. The van der Waals surface area contributed by atoms with E-state index in [4.69, 9.17) is 4.74 Å². The maximum Gasteiger partial charge on any atom is 0.177 e. The molecule has 1 atom stereocenters. The first-order valence-corrected chi connectivity index (χ1v) is 5.67. The number of hydrogen-bond donors (Lipinski definition) is 3. The van der Waals surface area contributed by atoms with Crippen LogP contribution in [0.25, 0.3) is 11.1 Å². The molecule has 0 saturated carbocycles. The Bertz CT molecular complexity index is 513. The van der Waals surface area contributed by atoms with Crippen LogP contribution in [0, 0.1) is 0 Å². The average molecular weight is 243 g/mol. The summed E-state index contributed by atoms with van der Waals surface area (Å²) in [4.78, 5) is 8.27. The summed E-state index contributed by atoms with van der Waals surface area (Å²) in [6.45, 7) is 0.692. The lowest BCUT2D eigenvalue weighted by Crippen LogP contribution is -2.36. The third-order valence-electron chi connectivity index (χ3n) is 2.60. The van der Waals surface area contributed by atoms with Crippen LogP contribution in [-0.2, 0) is 0 Å². The zero-order valence-electron chi connectivity index (χ0n) is 9.63. The van der Waals surface area contributed by atoms with Gasteiger partial charge in [0.05, 0.1) is 12.7 Å². The fraction of sp³-hybridized carbons (Fsp3) is 0.167. The second kappa shape index (κ2) is 5.09.